The molecule has 1 saturated heterocycles. The van der Waals surface area contributed by atoms with Gasteiger partial charge in [0, 0.05) is 17.8 Å². The Morgan fingerprint density at radius 3 is 2.95 bits per heavy atom. The van der Waals surface area contributed by atoms with Crippen LogP contribution in [0.15, 0.2) is 18.2 Å². The summed E-state index contributed by atoms with van der Waals surface area (Å²) in [6, 6.07) is 4.63. The molecule has 1 amide bonds. The summed E-state index contributed by atoms with van der Waals surface area (Å²) < 4.78 is 18.8. The van der Waals surface area contributed by atoms with Gasteiger partial charge in [-0.1, -0.05) is 0 Å². The van der Waals surface area contributed by atoms with E-state index in [-0.39, 0.29) is 23.6 Å². The lowest BCUT2D eigenvalue weighted by atomic mass is 10.0. The van der Waals surface area contributed by atoms with Crippen molar-refractivity contribution < 1.29 is 13.9 Å². The van der Waals surface area contributed by atoms with Gasteiger partial charge in [0.15, 0.2) is 11.6 Å². The van der Waals surface area contributed by atoms with Gasteiger partial charge in [0.2, 0.25) is 5.91 Å². The van der Waals surface area contributed by atoms with E-state index in [1.807, 2.05) is 6.92 Å². The van der Waals surface area contributed by atoms with Gasteiger partial charge < -0.3 is 15.4 Å². The number of benzene rings is 1. The highest BCUT2D eigenvalue weighted by Crippen LogP contribution is 2.23. The number of anilines is 1. The number of nitrogens with one attached hydrogen (secondary N) is 2. The number of hydrogen-bond donors (Lipinski definition) is 2. The first-order valence-electron chi connectivity index (χ1n) is 6.58. The van der Waals surface area contributed by atoms with Gasteiger partial charge in [-0.3, -0.25) is 4.79 Å². The SMILES string of the molecule is CCOc1ccc(NC(=O)C2CCNC2C)cc1F. The van der Waals surface area contributed by atoms with Crippen LogP contribution in [0, 0.1) is 11.7 Å². The summed E-state index contributed by atoms with van der Waals surface area (Å²) in [4.78, 5) is 12.0. The number of carbonyl (C=O) groups is 1. The molecule has 1 aromatic carbocycles. The van der Waals surface area contributed by atoms with Crippen LogP contribution in [0.4, 0.5) is 10.1 Å². The zero-order valence-corrected chi connectivity index (χ0v) is 11.2. The summed E-state index contributed by atoms with van der Waals surface area (Å²) in [5.74, 6) is -0.385. The van der Waals surface area contributed by atoms with Crippen LogP contribution in [0.5, 0.6) is 5.75 Å². The summed E-state index contributed by atoms with van der Waals surface area (Å²) in [7, 11) is 0. The molecule has 4 nitrogen and oxygen atoms in total. The lowest BCUT2D eigenvalue weighted by Gasteiger charge is -2.15. The molecule has 104 valence electrons. The van der Waals surface area contributed by atoms with Crippen LogP contribution >= 0.6 is 0 Å². The molecule has 0 aliphatic carbocycles. The molecular weight excluding hydrogens is 247 g/mol. The fourth-order valence-electron chi connectivity index (χ4n) is 2.30. The van der Waals surface area contributed by atoms with Crippen LogP contribution in [0.1, 0.15) is 20.3 Å². The molecule has 19 heavy (non-hydrogen) atoms. The van der Waals surface area contributed by atoms with E-state index in [1.54, 1.807) is 13.0 Å². The highest BCUT2D eigenvalue weighted by Gasteiger charge is 2.29. The molecule has 1 fully saturated rings. The monoisotopic (exact) mass is 266 g/mol. The van der Waals surface area contributed by atoms with Gasteiger partial charge in [0.1, 0.15) is 0 Å². The molecule has 0 saturated carbocycles. The average Bonchev–Trinajstić information content (AvgIpc) is 2.79. The molecule has 2 rings (SSSR count). The van der Waals surface area contributed by atoms with Crippen LogP contribution in [-0.2, 0) is 4.79 Å². The van der Waals surface area contributed by atoms with Crippen molar-refractivity contribution in [2.75, 3.05) is 18.5 Å². The lowest BCUT2D eigenvalue weighted by molar-refractivity contribution is -0.120. The minimum atomic E-state index is -0.461. The van der Waals surface area contributed by atoms with Crippen molar-refractivity contribution in [1.29, 1.82) is 0 Å². The molecule has 0 radical (unpaired) electrons. The molecule has 1 heterocycles. The Balaban J connectivity index is 2.03. The second kappa shape index (κ2) is 6.02. The lowest BCUT2D eigenvalue weighted by Crippen LogP contribution is -2.32. The van der Waals surface area contributed by atoms with Crippen molar-refractivity contribution in [3.05, 3.63) is 24.0 Å². The molecule has 2 atom stereocenters. The zero-order valence-electron chi connectivity index (χ0n) is 11.2. The number of halogens is 1. The molecule has 0 spiro atoms. The number of amides is 1. The Labute approximate surface area is 112 Å². The first kappa shape index (κ1) is 13.8. The molecule has 0 aromatic heterocycles. The van der Waals surface area contributed by atoms with Gasteiger partial charge in [0.25, 0.3) is 0 Å². The van der Waals surface area contributed by atoms with E-state index < -0.39 is 5.82 Å². The van der Waals surface area contributed by atoms with Crippen LogP contribution in [0.2, 0.25) is 0 Å². The third-order valence-corrected chi connectivity index (χ3v) is 3.36. The smallest absolute Gasteiger partial charge is 0.229 e. The standard InChI is InChI=1S/C14H19FN2O2/c1-3-19-13-5-4-10(8-12(13)15)17-14(18)11-6-7-16-9(11)2/h4-5,8-9,11,16H,3,6-7H2,1-2H3,(H,17,18). The van der Waals surface area contributed by atoms with E-state index in [1.165, 1.54) is 12.1 Å². The van der Waals surface area contributed by atoms with Gasteiger partial charge in [-0.05, 0) is 38.9 Å². The summed E-state index contributed by atoms with van der Waals surface area (Å²) in [6.45, 7) is 5.03. The maximum Gasteiger partial charge on any atom is 0.229 e. The summed E-state index contributed by atoms with van der Waals surface area (Å²) in [5, 5.41) is 5.97. The zero-order chi connectivity index (χ0) is 13.8. The fourth-order valence-corrected chi connectivity index (χ4v) is 2.30. The van der Waals surface area contributed by atoms with E-state index in [2.05, 4.69) is 10.6 Å². The highest BCUT2D eigenvalue weighted by atomic mass is 19.1. The van der Waals surface area contributed by atoms with Crippen molar-refractivity contribution in [2.45, 2.75) is 26.3 Å². The van der Waals surface area contributed by atoms with E-state index in [9.17, 15) is 9.18 Å². The summed E-state index contributed by atoms with van der Waals surface area (Å²) >= 11 is 0. The maximum absolute atomic E-state index is 13.7. The normalized spacial score (nSPS) is 22.3. The highest BCUT2D eigenvalue weighted by molar-refractivity contribution is 5.93. The van der Waals surface area contributed by atoms with E-state index >= 15 is 0 Å². The maximum atomic E-state index is 13.7. The third-order valence-electron chi connectivity index (χ3n) is 3.36. The van der Waals surface area contributed by atoms with Crippen LogP contribution in [0.3, 0.4) is 0 Å². The number of ether oxygens (including phenoxy) is 1. The Kier molecular flexibility index (Phi) is 4.37. The Bertz CT molecular complexity index is 465. The molecular formula is C14H19FN2O2. The number of carbonyl (C=O) groups excluding carboxylic acids is 1. The first-order chi connectivity index (χ1) is 9.11. The summed E-state index contributed by atoms with van der Waals surface area (Å²) in [5.41, 5.74) is 0.463. The minimum absolute atomic E-state index is 0.0605. The molecule has 1 aromatic rings. The largest absolute Gasteiger partial charge is 0.491 e. The summed E-state index contributed by atoms with van der Waals surface area (Å²) in [6.07, 6.45) is 0.812. The van der Waals surface area contributed by atoms with Gasteiger partial charge in [-0.25, -0.2) is 4.39 Å². The topological polar surface area (TPSA) is 50.4 Å². The molecule has 1 aliphatic heterocycles. The van der Waals surface area contributed by atoms with Gasteiger partial charge in [0.05, 0.1) is 12.5 Å². The van der Waals surface area contributed by atoms with Crippen molar-refractivity contribution >= 4 is 11.6 Å². The average molecular weight is 266 g/mol. The molecule has 2 N–H and O–H groups in total. The molecule has 1 aliphatic rings. The van der Waals surface area contributed by atoms with E-state index in [4.69, 9.17) is 4.74 Å². The predicted molar refractivity (Wildman–Crippen MR) is 71.8 cm³/mol. The van der Waals surface area contributed by atoms with Crippen LogP contribution < -0.4 is 15.4 Å². The molecule has 0 bridgehead atoms. The van der Waals surface area contributed by atoms with Crippen molar-refractivity contribution in [3.63, 3.8) is 0 Å². The van der Waals surface area contributed by atoms with E-state index in [0.717, 1.165) is 13.0 Å². The van der Waals surface area contributed by atoms with Crippen molar-refractivity contribution in [2.24, 2.45) is 5.92 Å². The number of hydrogen-bond acceptors (Lipinski definition) is 3. The Hall–Kier alpha value is -1.62. The third kappa shape index (κ3) is 3.23. The van der Waals surface area contributed by atoms with Gasteiger partial charge in [-0.2, -0.15) is 0 Å². The van der Waals surface area contributed by atoms with E-state index in [0.29, 0.717) is 12.3 Å². The minimum Gasteiger partial charge on any atom is -0.491 e. The second-order valence-electron chi connectivity index (χ2n) is 4.71. The first-order valence-corrected chi connectivity index (χ1v) is 6.58. The van der Waals surface area contributed by atoms with Gasteiger partial charge >= 0.3 is 0 Å². The quantitative estimate of drug-likeness (QED) is 0.878. The fraction of sp³-hybridized carbons (Fsp3) is 0.500. The molecule has 5 heteroatoms. The predicted octanol–water partition coefficient (Wildman–Crippen LogP) is 2.16. The Morgan fingerprint density at radius 1 is 1.58 bits per heavy atom. The van der Waals surface area contributed by atoms with Crippen molar-refractivity contribution in [3.8, 4) is 5.75 Å². The van der Waals surface area contributed by atoms with Crippen LogP contribution in [-0.4, -0.2) is 25.1 Å². The van der Waals surface area contributed by atoms with Gasteiger partial charge in [-0.15, -0.1) is 0 Å². The molecule has 2 unspecified atom stereocenters. The number of rotatable bonds is 4. The Morgan fingerprint density at radius 2 is 2.37 bits per heavy atom. The second-order valence-corrected chi connectivity index (χ2v) is 4.71. The van der Waals surface area contributed by atoms with Crippen LogP contribution in [0.25, 0.3) is 0 Å². The van der Waals surface area contributed by atoms with Crippen molar-refractivity contribution in [1.82, 2.24) is 5.32 Å².